The Balaban J connectivity index is 1.79. The molecule has 1 N–H and O–H groups in total. The highest BCUT2D eigenvalue weighted by Gasteiger charge is 2.21. The molecule has 0 atom stereocenters. The van der Waals surface area contributed by atoms with Crippen LogP contribution < -0.4 is 10.1 Å². The first-order chi connectivity index (χ1) is 15.5. The molecule has 7 nitrogen and oxygen atoms in total. The number of rotatable bonds is 7. The topological polar surface area (TPSA) is 77.8 Å². The number of carbonyl (C=O) groups is 1. The van der Waals surface area contributed by atoms with Crippen LogP contribution in [0, 0.1) is 11.6 Å². The second-order valence-corrected chi connectivity index (χ2v) is 6.79. The summed E-state index contributed by atoms with van der Waals surface area (Å²) in [4.78, 5) is 21.2. The van der Waals surface area contributed by atoms with E-state index in [2.05, 4.69) is 15.3 Å². The van der Waals surface area contributed by atoms with E-state index in [0.717, 1.165) is 17.7 Å². The summed E-state index contributed by atoms with van der Waals surface area (Å²) in [5, 5.41) is 2.98. The van der Waals surface area contributed by atoms with Crippen molar-refractivity contribution >= 4 is 17.4 Å². The molecule has 2 aromatic carbocycles. The second kappa shape index (κ2) is 9.01. The molecule has 0 amide bonds. The lowest BCUT2D eigenvalue weighted by Crippen LogP contribution is -2.11. The van der Waals surface area contributed by atoms with E-state index < -0.39 is 17.6 Å². The first-order valence-corrected chi connectivity index (χ1v) is 9.88. The van der Waals surface area contributed by atoms with Crippen molar-refractivity contribution in [1.82, 2.24) is 14.4 Å². The number of nitrogens with zero attached hydrogens (tertiary/aromatic N) is 3. The van der Waals surface area contributed by atoms with Crippen molar-refractivity contribution < 1.29 is 23.0 Å². The van der Waals surface area contributed by atoms with Crippen molar-refractivity contribution in [3.05, 3.63) is 77.9 Å². The quantitative estimate of drug-likeness (QED) is 0.429. The first kappa shape index (κ1) is 21.2. The number of fused-ring (bicyclic) bond motifs is 1. The van der Waals surface area contributed by atoms with E-state index in [-0.39, 0.29) is 36.1 Å². The van der Waals surface area contributed by atoms with E-state index in [1.807, 2.05) is 30.3 Å². The molecule has 0 spiro atoms. The molecule has 0 saturated heterocycles. The molecule has 9 heteroatoms. The predicted molar refractivity (Wildman–Crippen MR) is 115 cm³/mol. The zero-order chi connectivity index (χ0) is 22.7. The SMILES string of the molecule is CCOC(=O)c1ncn2c(NCc3c(F)ccc(F)c3OC)ncc(-c3ccccc3)c12. The number of carbonyl (C=O) groups excluding carboxylic acids is 1. The van der Waals surface area contributed by atoms with Gasteiger partial charge < -0.3 is 14.8 Å². The van der Waals surface area contributed by atoms with Gasteiger partial charge in [-0.05, 0) is 24.6 Å². The largest absolute Gasteiger partial charge is 0.493 e. The molecule has 0 aliphatic heterocycles. The molecule has 0 radical (unpaired) electrons. The fourth-order valence-corrected chi connectivity index (χ4v) is 3.45. The third kappa shape index (κ3) is 3.84. The van der Waals surface area contributed by atoms with Gasteiger partial charge in [-0.1, -0.05) is 30.3 Å². The van der Waals surface area contributed by atoms with Gasteiger partial charge >= 0.3 is 5.97 Å². The summed E-state index contributed by atoms with van der Waals surface area (Å²) in [6.45, 7) is 1.81. The van der Waals surface area contributed by atoms with Crippen LogP contribution >= 0.6 is 0 Å². The molecular weight excluding hydrogens is 418 g/mol. The summed E-state index contributed by atoms with van der Waals surface area (Å²) in [5.74, 6) is -1.76. The Morgan fingerprint density at radius 3 is 2.56 bits per heavy atom. The molecule has 0 saturated carbocycles. The van der Waals surface area contributed by atoms with Crippen molar-refractivity contribution in [3.63, 3.8) is 0 Å². The van der Waals surface area contributed by atoms with E-state index in [9.17, 15) is 13.6 Å². The van der Waals surface area contributed by atoms with Crippen LogP contribution in [-0.2, 0) is 11.3 Å². The zero-order valence-electron chi connectivity index (χ0n) is 17.4. The Labute approximate surface area is 182 Å². The highest BCUT2D eigenvalue weighted by molar-refractivity contribution is 6.00. The zero-order valence-corrected chi connectivity index (χ0v) is 17.4. The Hall–Kier alpha value is -4.01. The third-order valence-corrected chi connectivity index (χ3v) is 4.90. The molecule has 2 heterocycles. The monoisotopic (exact) mass is 438 g/mol. The standard InChI is InChI=1S/C23H20F2N4O3/c1-3-32-22(30)19-20-15(14-7-5-4-6-8-14)11-26-23(29(20)13-28-19)27-12-16-17(24)9-10-18(25)21(16)31-2/h4-11,13H,3,12H2,1-2H3,(H,26,27). The van der Waals surface area contributed by atoms with E-state index in [0.29, 0.717) is 11.1 Å². The summed E-state index contributed by atoms with van der Waals surface area (Å²) in [5.41, 5.74) is 2.14. The van der Waals surface area contributed by atoms with Crippen molar-refractivity contribution in [2.75, 3.05) is 19.0 Å². The molecule has 4 rings (SSSR count). The lowest BCUT2D eigenvalue weighted by atomic mass is 10.1. The summed E-state index contributed by atoms with van der Waals surface area (Å²) in [6.07, 6.45) is 3.03. The minimum absolute atomic E-state index is 0.0142. The fourth-order valence-electron chi connectivity index (χ4n) is 3.45. The molecular formula is C23H20F2N4O3. The number of halogens is 2. The van der Waals surface area contributed by atoms with E-state index in [1.165, 1.54) is 13.4 Å². The number of aromatic nitrogens is 3. The lowest BCUT2D eigenvalue weighted by molar-refractivity contribution is 0.0522. The summed E-state index contributed by atoms with van der Waals surface area (Å²) in [6, 6.07) is 11.4. The molecule has 4 aromatic rings. The minimum atomic E-state index is -0.671. The van der Waals surface area contributed by atoms with Crippen LogP contribution in [-0.4, -0.2) is 34.1 Å². The molecule has 0 fully saturated rings. The van der Waals surface area contributed by atoms with Gasteiger partial charge in [0, 0.05) is 18.3 Å². The summed E-state index contributed by atoms with van der Waals surface area (Å²) in [7, 11) is 1.27. The molecule has 164 valence electrons. The lowest BCUT2D eigenvalue weighted by Gasteiger charge is -2.14. The smallest absolute Gasteiger partial charge is 0.359 e. The number of benzene rings is 2. The van der Waals surface area contributed by atoms with Crippen LogP contribution in [0.5, 0.6) is 5.75 Å². The maximum absolute atomic E-state index is 14.3. The number of esters is 1. The van der Waals surface area contributed by atoms with Gasteiger partial charge in [0.2, 0.25) is 5.95 Å². The van der Waals surface area contributed by atoms with E-state index in [1.54, 1.807) is 17.5 Å². The van der Waals surface area contributed by atoms with Crippen LogP contribution in [0.3, 0.4) is 0 Å². The molecule has 0 aliphatic rings. The maximum atomic E-state index is 14.3. The third-order valence-electron chi connectivity index (χ3n) is 4.90. The Kier molecular flexibility index (Phi) is 5.98. The number of hydrogen-bond donors (Lipinski definition) is 1. The Morgan fingerprint density at radius 1 is 1.09 bits per heavy atom. The number of ether oxygens (including phenoxy) is 2. The average molecular weight is 438 g/mol. The highest BCUT2D eigenvalue weighted by Crippen LogP contribution is 2.30. The van der Waals surface area contributed by atoms with Crippen molar-refractivity contribution in [3.8, 4) is 16.9 Å². The van der Waals surface area contributed by atoms with Crippen molar-refractivity contribution in [2.45, 2.75) is 13.5 Å². The highest BCUT2D eigenvalue weighted by atomic mass is 19.1. The van der Waals surface area contributed by atoms with Gasteiger partial charge in [-0.25, -0.2) is 23.5 Å². The maximum Gasteiger partial charge on any atom is 0.359 e. The van der Waals surface area contributed by atoms with Gasteiger partial charge in [-0.3, -0.25) is 4.40 Å². The van der Waals surface area contributed by atoms with Crippen molar-refractivity contribution in [1.29, 1.82) is 0 Å². The van der Waals surface area contributed by atoms with Crippen molar-refractivity contribution in [2.24, 2.45) is 0 Å². The first-order valence-electron chi connectivity index (χ1n) is 9.88. The van der Waals surface area contributed by atoms with Crippen LogP contribution in [0.15, 0.2) is 55.0 Å². The van der Waals surface area contributed by atoms with Gasteiger partial charge in [-0.15, -0.1) is 0 Å². The van der Waals surface area contributed by atoms with Crippen LogP contribution in [0.25, 0.3) is 16.6 Å². The second-order valence-electron chi connectivity index (χ2n) is 6.79. The van der Waals surface area contributed by atoms with Gasteiger partial charge in [0.15, 0.2) is 17.3 Å². The van der Waals surface area contributed by atoms with Gasteiger partial charge in [-0.2, -0.15) is 0 Å². The van der Waals surface area contributed by atoms with E-state index in [4.69, 9.17) is 9.47 Å². The number of anilines is 1. The normalized spacial score (nSPS) is 10.9. The van der Waals surface area contributed by atoms with Gasteiger partial charge in [0.05, 0.1) is 24.8 Å². The summed E-state index contributed by atoms with van der Waals surface area (Å²) < 4.78 is 40.1. The average Bonchev–Trinajstić information content (AvgIpc) is 3.26. The molecule has 0 aliphatic carbocycles. The van der Waals surface area contributed by atoms with Gasteiger partial charge in [0.25, 0.3) is 0 Å². The van der Waals surface area contributed by atoms with Crippen LogP contribution in [0.2, 0.25) is 0 Å². The number of nitrogens with one attached hydrogen (secondary N) is 1. The minimum Gasteiger partial charge on any atom is -0.493 e. The molecule has 2 aromatic heterocycles. The summed E-state index contributed by atoms with van der Waals surface area (Å²) >= 11 is 0. The molecule has 0 bridgehead atoms. The fraction of sp³-hybridized carbons (Fsp3) is 0.174. The molecule has 0 unspecified atom stereocenters. The Bertz CT molecular complexity index is 1280. The number of hydrogen-bond acceptors (Lipinski definition) is 6. The van der Waals surface area contributed by atoms with Crippen LogP contribution in [0.1, 0.15) is 23.0 Å². The number of imidazole rings is 1. The molecule has 32 heavy (non-hydrogen) atoms. The van der Waals surface area contributed by atoms with Gasteiger partial charge in [0.1, 0.15) is 12.1 Å². The van der Waals surface area contributed by atoms with E-state index >= 15 is 0 Å². The predicted octanol–water partition coefficient (Wildman–Crippen LogP) is 4.47. The number of methoxy groups -OCH3 is 1. The van der Waals surface area contributed by atoms with Crippen LogP contribution in [0.4, 0.5) is 14.7 Å². The Morgan fingerprint density at radius 2 is 1.84 bits per heavy atom.